The number of nitrogens with zero attached hydrogens (tertiary/aromatic N) is 2. The molecule has 134 valence electrons. The van der Waals surface area contributed by atoms with Crippen molar-refractivity contribution in [1.82, 2.24) is 10.1 Å². The number of ether oxygens (including phenoxy) is 4. The second-order valence-electron chi connectivity index (χ2n) is 5.53. The first-order valence-electron chi connectivity index (χ1n) is 7.95. The number of anilines is 1. The van der Waals surface area contributed by atoms with Crippen LogP contribution in [-0.2, 0) is 6.54 Å². The lowest BCUT2D eigenvalue weighted by molar-refractivity contribution is 0.174. The first-order chi connectivity index (χ1) is 12.8. The summed E-state index contributed by atoms with van der Waals surface area (Å²) in [5.41, 5.74) is 1.69. The van der Waals surface area contributed by atoms with Crippen LogP contribution in [-0.4, -0.2) is 31.2 Å². The van der Waals surface area contributed by atoms with Gasteiger partial charge in [0.05, 0.1) is 19.8 Å². The van der Waals surface area contributed by atoms with Gasteiger partial charge in [-0.15, -0.1) is 0 Å². The predicted octanol–water partition coefficient (Wildman–Crippen LogP) is 3.09. The average Bonchev–Trinajstić information content (AvgIpc) is 3.34. The highest BCUT2D eigenvalue weighted by atomic mass is 16.7. The molecule has 0 unspecified atom stereocenters. The number of rotatable bonds is 6. The maximum atomic E-state index is 5.37. The van der Waals surface area contributed by atoms with Crippen LogP contribution in [0.25, 0.3) is 11.4 Å². The molecule has 1 aliphatic rings. The van der Waals surface area contributed by atoms with Gasteiger partial charge in [0, 0.05) is 6.54 Å². The SMILES string of the molecule is COc1ccc(OC)c(-c2noc(NCc3ccc4c(c3)OCO4)n2)c1. The van der Waals surface area contributed by atoms with E-state index in [4.69, 9.17) is 23.5 Å². The van der Waals surface area contributed by atoms with Gasteiger partial charge in [-0.1, -0.05) is 11.2 Å². The predicted molar refractivity (Wildman–Crippen MR) is 92.7 cm³/mol. The van der Waals surface area contributed by atoms with E-state index in [9.17, 15) is 0 Å². The number of nitrogens with one attached hydrogen (secondary N) is 1. The lowest BCUT2D eigenvalue weighted by Gasteiger charge is -2.07. The summed E-state index contributed by atoms with van der Waals surface area (Å²) in [5.74, 6) is 3.21. The van der Waals surface area contributed by atoms with E-state index in [1.165, 1.54) is 0 Å². The molecule has 2 heterocycles. The molecule has 0 bridgehead atoms. The Morgan fingerprint density at radius 3 is 2.77 bits per heavy atom. The van der Waals surface area contributed by atoms with Crippen molar-refractivity contribution in [3.63, 3.8) is 0 Å². The van der Waals surface area contributed by atoms with Crippen LogP contribution in [0.4, 0.5) is 6.01 Å². The minimum Gasteiger partial charge on any atom is -0.497 e. The summed E-state index contributed by atoms with van der Waals surface area (Å²) in [5, 5.41) is 7.11. The number of methoxy groups -OCH3 is 2. The van der Waals surface area contributed by atoms with Crippen LogP contribution in [0.3, 0.4) is 0 Å². The van der Waals surface area contributed by atoms with Crippen LogP contribution >= 0.6 is 0 Å². The normalized spacial score (nSPS) is 12.1. The van der Waals surface area contributed by atoms with Crippen LogP contribution in [0.1, 0.15) is 5.56 Å². The summed E-state index contributed by atoms with van der Waals surface area (Å²) in [6.45, 7) is 0.759. The molecule has 26 heavy (non-hydrogen) atoms. The second kappa shape index (κ2) is 6.83. The number of hydrogen-bond donors (Lipinski definition) is 1. The molecular weight excluding hydrogens is 338 g/mol. The number of fused-ring (bicyclic) bond motifs is 1. The Labute approximate surface area is 149 Å². The van der Waals surface area contributed by atoms with E-state index in [0.717, 1.165) is 17.1 Å². The van der Waals surface area contributed by atoms with Crippen molar-refractivity contribution in [1.29, 1.82) is 0 Å². The van der Waals surface area contributed by atoms with Crippen LogP contribution < -0.4 is 24.3 Å². The largest absolute Gasteiger partial charge is 0.497 e. The lowest BCUT2D eigenvalue weighted by Crippen LogP contribution is -1.99. The average molecular weight is 355 g/mol. The first-order valence-corrected chi connectivity index (χ1v) is 7.95. The summed E-state index contributed by atoms with van der Waals surface area (Å²) in [6, 6.07) is 11.4. The Balaban J connectivity index is 1.50. The Morgan fingerprint density at radius 2 is 1.92 bits per heavy atom. The summed E-state index contributed by atoms with van der Waals surface area (Å²) in [6.07, 6.45) is 0. The topological polar surface area (TPSA) is 87.9 Å². The van der Waals surface area contributed by atoms with Gasteiger partial charge in [-0.2, -0.15) is 4.98 Å². The van der Waals surface area contributed by atoms with Crippen molar-refractivity contribution < 1.29 is 23.5 Å². The lowest BCUT2D eigenvalue weighted by atomic mass is 10.2. The molecule has 0 aliphatic carbocycles. The van der Waals surface area contributed by atoms with Gasteiger partial charge in [0.25, 0.3) is 0 Å². The Bertz CT molecular complexity index is 925. The smallest absolute Gasteiger partial charge is 0.322 e. The molecule has 0 atom stereocenters. The summed E-state index contributed by atoms with van der Waals surface area (Å²) >= 11 is 0. The van der Waals surface area contributed by atoms with Gasteiger partial charge in [0.2, 0.25) is 12.6 Å². The van der Waals surface area contributed by atoms with Crippen molar-refractivity contribution in [2.45, 2.75) is 6.54 Å². The molecule has 1 aromatic heterocycles. The minimum absolute atomic E-state index is 0.252. The van der Waals surface area contributed by atoms with Crippen molar-refractivity contribution in [2.24, 2.45) is 0 Å². The van der Waals surface area contributed by atoms with Gasteiger partial charge in [-0.05, 0) is 35.9 Å². The fourth-order valence-electron chi connectivity index (χ4n) is 2.62. The Morgan fingerprint density at radius 1 is 1.04 bits per heavy atom. The van der Waals surface area contributed by atoms with Gasteiger partial charge in [0.1, 0.15) is 11.5 Å². The van der Waals surface area contributed by atoms with Crippen molar-refractivity contribution >= 4 is 6.01 Å². The molecule has 0 fully saturated rings. The zero-order valence-corrected chi connectivity index (χ0v) is 14.3. The first kappa shape index (κ1) is 16.1. The molecule has 3 aromatic rings. The summed E-state index contributed by atoms with van der Waals surface area (Å²) in [7, 11) is 3.18. The van der Waals surface area contributed by atoms with Gasteiger partial charge in [0.15, 0.2) is 11.5 Å². The molecule has 4 rings (SSSR count). The molecule has 1 N–H and O–H groups in total. The van der Waals surface area contributed by atoms with Crippen LogP contribution in [0.15, 0.2) is 40.9 Å². The third kappa shape index (κ3) is 3.08. The van der Waals surface area contributed by atoms with Crippen molar-refractivity contribution in [2.75, 3.05) is 26.3 Å². The molecule has 8 nitrogen and oxygen atoms in total. The van der Waals surface area contributed by atoms with E-state index < -0.39 is 0 Å². The van der Waals surface area contributed by atoms with Gasteiger partial charge in [-0.3, -0.25) is 0 Å². The van der Waals surface area contributed by atoms with Gasteiger partial charge < -0.3 is 28.8 Å². The van der Waals surface area contributed by atoms with Crippen LogP contribution in [0, 0.1) is 0 Å². The fraction of sp³-hybridized carbons (Fsp3) is 0.222. The molecule has 0 saturated heterocycles. The zero-order valence-electron chi connectivity index (χ0n) is 14.3. The maximum absolute atomic E-state index is 5.37. The monoisotopic (exact) mass is 355 g/mol. The van der Waals surface area contributed by atoms with E-state index >= 15 is 0 Å². The Kier molecular flexibility index (Phi) is 4.22. The zero-order chi connectivity index (χ0) is 17.9. The van der Waals surface area contributed by atoms with Crippen molar-refractivity contribution in [3.8, 4) is 34.4 Å². The maximum Gasteiger partial charge on any atom is 0.322 e. The molecule has 0 amide bonds. The third-order valence-corrected chi connectivity index (χ3v) is 3.95. The van der Waals surface area contributed by atoms with Gasteiger partial charge >= 0.3 is 6.01 Å². The second-order valence-corrected chi connectivity index (χ2v) is 5.53. The molecule has 0 spiro atoms. The van der Waals surface area contributed by atoms with Crippen LogP contribution in [0.2, 0.25) is 0 Å². The highest BCUT2D eigenvalue weighted by Gasteiger charge is 2.16. The standard InChI is InChI=1S/C18H17N3O5/c1-22-12-4-6-14(23-2)13(8-12)17-20-18(26-21-17)19-9-11-3-5-15-16(7-11)25-10-24-15/h3-8H,9-10H2,1-2H3,(H,19,20,21). The van der Waals surface area contributed by atoms with Crippen LogP contribution in [0.5, 0.6) is 23.0 Å². The molecule has 8 heteroatoms. The fourth-order valence-corrected chi connectivity index (χ4v) is 2.62. The number of hydrogen-bond acceptors (Lipinski definition) is 8. The van der Waals surface area contributed by atoms with E-state index in [1.807, 2.05) is 18.2 Å². The number of benzene rings is 2. The molecule has 1 aliphatic heterocycles. The van der Waals surface area contributed by atoms with Crippen molar-refractivity contribution in [3.05, 3.63) is 42.0 Å². The molecular formula is C18H17N3O5. The molecule has 0 radical (unpaired) electrons. The van der Waals surface area contributed by atoms with E-state index in [2.05, 4.69) is 15.5 Å². The van der Waals surface area contributed by atoms with E-state index in [-0.39, 0.29) is 6.79 Å². The Hall–Kier alpha value is -3.42. The van der Waals surface area contributed by atoms with E-state index in [1.54, 1.807) is 32.4 Å². The minimum atomic E-state index is 0.252. The highest BCUT2D eigenvalue weighted by Crippen LogP contribution is 2.33. The molecule has 0 saturated carbocycles. The summed E-state index contributed by atoms with van der Waals surface area (Å²) in [4.78, 5) is 4.37. The quantitative estimate of drug-likeness (QED) is 0.722. The summed E-state index contributed by atoms with van der Waals surface area (Å²) < 4.78 is 26.6. The number of aromatic nitrogens is 2. The van der Waals surface area contributed by atoms with Gasteiger partial charge in [-0.25, -0.2) is 0 Å². The third-order valence-electron chi connectivity index (χ3n) is 3.95. The highest BCUT2D eigenvalue weighted by molar-refractivity contribution is 5.66. The van der Waals surface area contributed by atoms with E-state index in [0.29, 0.717) is 35.4 Å². The molecule has 2 aromatic carbocycles.